The monoisotopic (exact) mass is 786 g/mol. The summed E-state index contributed by atoms with van der Waals surface area (Å²) in [5.41, 5.74) is 0. The van der Waals surface area contributed by atoms with Crippen LogP contribution in [0.1, 0.15) is 194 Å². The molecule has 2 atom stereocenters. The zero-order valence-corrected chi connectivity index (χ0v) is 36.6. The molecule has 0 radical (unpaired) electrons. The second-order valence-electron chi connectivity index (χ2n) is 16.1. The molecule has 1 unspecified atom stereocenters. The van der Waals surface area contributed by atoms with Gasteiger partial charge in [-0.05, 0) is 51.4 Å². The molecule has 0 aromatic heterocycles. The topological polar surface area (TPSA) is 111 Å². The molecule has 54 heavy (non-hydrogen) atoms. The Hall–Kier alpha value is -1.51. The quantitative estimate of drug-likeness (QED) is 0.0198. The number of phosphoric ester groups is 1. The number of ether oxygens (including phenoxy) is 2. The normalized spacial score (nSPS) is 13.8. The second-order valence-corrected chi connectivity index (χ2v) is 17.5. The smallest absolute Gasteiger partial charge is 0.306 e. The van der Waals surface area contributed by atoms with Crippen LogP contribution in [0.3, 0.4) is 0 Å². The van der Waals surface area contributed by atoms with Crippen LogP contribution < -0.4 is 4.89 Å². The average Bonchev–Trinajstić information content (AvgIpc) is 3.12. The molecule has 0 amide bonds. The van der Waals surface area contributed by atoms with Gasteiger partial charge in [0.2, 0.25) is 0 Å². The number of hydrogen-bond donors (Lipinski definition) is 0. The van der Waals surface area contributed by atoms with Gasteiger partial charge < -0.3 is 27.9 Å². The summed E-state index contributed by atoms with van der Waals surface area (Å²) in [7, 11) is 1.14. The number of quaternary nitrogens is 1. The third kappa shape index (κ3) is 40.2. The van der Waals surface area contributed by atoms with E-state index in [2.05, 4.69) is 32.1 Å². The van der Waals surface area contributed by atoms with Crippen molar-refractivity contribution in [1.29, 1.82) is 0 Å². The van der Waals surface area contributed by atoms with Crippen molar-refractivity contribution in [3.63, 3.8) is 0 Å². The number of allylic oxidation sites excluding steroid dienone is 4. The summed E-state index contributed by atoms with van der Waals surface area (Å²) in [6.07, 6.45) is 39.3. The van der Waals surface area contributed by atoms with E-state index in [4.69, 9.17) is 18.5 Å². The molecule has 0 aliphatic heterocycles. The summed E-state index contributed by atoms with van der Waals surface area (Å²) in [6, 6.07) is 0. The lowest BCUT2D eigenvalue weighted by molar-refractivity contribution is -0.870. The van der Waals surface area contributed by atoms with Gasteiger partial charge in [0, 0.05) is 12.8 Å². The maximum Gasteiger partial charge on any atom is 0.306 e. The van der Waals surface area contributed by atoms with Crippen LogP contribution in [0.4, 0.5) is 0 Å². The van der Waals surface area contributed by atoms with Crippen LogP contribution in [-0.4, -0.2) is 70.0 Å². The Kier molecular flexibility index (Phi) is 36.1. The summed E-state index contributed by atoms with van der Waals surface area (Å²) in [6.45, 7) is 4.17. The van der Waals surface area contributed by atoms with E-state index in [1.807, 2.05) is 27.2 Å². The Labute approximate surface area is 332 Å². The molecule has 0 rings (SSSR count). The maximum atomic E-state index is 12.6. The molecule has 0 saturated carbocycles. The Morgan fingerprint density at radius 1 is 0.556 bits per heavy atom. The lowest BCUT2D eigenvalue weighted by Crippen LogP contribution is -2.37. The van der Waals surface area contributed by atoms with Crippen LogP contribution in [-0.2, 0) is 32.7 Å². The molecule has 318 valence electrons. The van der Waals surface area contributed by atoms with Gasteiger partial charge in [-0.1, -0.05) is 154 Å². The molecule has 10 heteroatoms. The molecule has 0 fully saturated rings. The van der Waals surface area contributed by atoms with E-state index in [0.29, 0.717) is 23.9 Å². The van der Waals surface area contributed by atoms with Crippen LogP contribution in [0.15, 0.2) is 24.3 Å². The minimum absolute atomic E-state index is 0.0376. The van der Waals surface area contributed by atoms with Crippen molar-refractivity contribution in [2.75, 3.05) is 47.5 Å². The first-order valence-corrected chi connectivity index (χ1v) is 23.5. The lowest BCUT2D eigenvalue weighted by Gasteiger charge is -2.28. The Balaban J connectivity index is 4.42. The summed E-state index contributed by atoms with van der Waals surface area (Å²) in [5, 5.41) is 0. The molecule has 0 spiro atoms. The predicted molar refractivity (Wildman–Crippen MR) is 222 cm³/mol. The zero-order chi connectivity index (χ0) is 40.0. The number of nitrogens with zero attached hydrogens (tertiary/aromatic N) is 1. The first kappa shape index (κ1) is 52.5. The van der Waals surface area contributed by atoms with Crippen LogP contribution in [0, 0.1) is 0 Å². The molecule has 0 heterocycles. The third-order valence-electron chi connectivity index (χ3n) is 9.46. The van der Waals surface area contributed by atoms with Gasteiger partial charge in [-0.15, -0.1) is 0 Å². The van der Waals surface area contributed by atoms with Gasteiger partial charge >= 0.3 is 11.9 Å². The summed E-state index contributed by atoms with van der Waals surface area (Å²) < 4.78 is 33.8. The van der Waals surface area contributed by atoms with Gasteiger partial charge in [-0.2, -0.15) is 0 Å². The Bertz CT molecular complexity index is 980. The molecule has 9 nitrogen and oxygen atoms in total. The summed E-state index contributed by atoms with van der Waals surface area (Å²) in [4.78, 5) is 37.4. The fraction of sp³-hybridized carbons (Fsp3) is 0.864. The van der Waals surface area contributed by atoms with E-state index in [1.54, 1.807) is 0 Å². The SMILES string of the molecule is CCCCCCCCCCC/C=C/CCCCC(=O)O[C@H](COC(=O)CC/C=C/CCCCCCCCCCCCC)COP(=O)([O-])OCC[N+](C)(C)C. The van der Waals surface area contributed by atoms with Crippen LogP contribution in [0.25, 0.3) is 0 Å². The molecule has 0 aromatic rings. The number of rotatable bonds is 40. The van der Waals surface area contributed by atoms with Crippen molar-refractivity contribution in [3.8, 4) is 0 Å². The van der Waals surface area contributed by atoms with Crippen LogP contribution in [0.5, 0.6) is 0 Å². The minimum atomic E-state index is -4.63. The highest BCUT2D eigenvalue weighted by Gasteiger charge is 2.21. The van der Waals surface area contributed by atoms with Crippen molar-refractivity contribution in [1.82, 2.24) is 0 Å². The largest absolute Gasteiger partial charge is 0.756 e. The van der Waals surface area contributed by atoms with Gasteiger partial charge in [0.15, 0.2) is 6.10 Å². The van der Waals surface area contributed by atoms with Gasteiger partial charge in [0.05, 0.1) is 27.7 Å². The Morgan fingerprint density at radius 2 is 0.981 bits per heavy atom. The fourth-order valence-electron chi connectivity index (χ4n) is 5.96. The molecule has 0 saturated heterocycles. The molecular weight excluding hydrogens is 701 g/mol. The average molecular weight is 786 g/mol. The minimum Gasteiger partial charge on any atom is -0.756 e. The fourth-order valence-corrected chi connectivity index (χ4v) is 6.69. The highest BCUT2D eigenvalue weighted by Crippen LogP contribution is 2.38. The van der Waals surface area contributed by atoms with Crippen molar-refractivity contribution in [2.24, 2.45) is 0 Å². The number of carbonyl (C=O) groups is 2. The molecule has 0 aromatic carbocycles. The molecular formula is C44H84NO8P. The number of carbonyl (C=O) groups excluding carboxylic acids is 2. The third-order valence-corrected chi connectivity index (χ3v) is 10.4. The molecule has 0 N–H and O–H groups in total. The van der Waals surface area contributed by atoms with Gasteiger partial charge in [-0.3, -0.25) is 14.2 Å². The van der Waals surface area contributed by atoms with E-state index >= 15 is 0 Å². The highest BCUT2D eigenvalue weighted by molar-refractivity contribution is 7.45. The standard InChI is InChI=1S/C44H84NO8P/c1-6-8-10-12-14-16-18-20-22-24-26-28-30-32-34-36-43(46)50-40-42(41-52-54(48,49)51-39-38-45(3,4)5)53-44(47)37-35-33-31-29-27-25-23-21-19-17-15-13-11-9-7-2/h27,29-30,32,42H,6-26,28,31,33-41H2,1-5H3/b29-27+,32-30+/t42-/m1/s1. The van der Waals surface area contributed by atoms with Crippen molar-refractivity contribution < 1.29 is 42.1 Å². The van der Waals surface area contributed by atoms with Crippen LogP contribution in [0.2, 0.25) is 0 Å². The van der Waals surface area contributed by atoms with Crippen molar-refractivity contribution in [3.05, 3.63) is 24.3 Å². The number of unbranched alkanes of at least 4 members (excludes halogenated alkanes) is 22. The second kappa shape index (κ2) is 37.1. The zero-order valence-electron chi connectivity index (χ0n) is 35.7. The van der Waals surface area contributed by atoms with Gasteiger partial charge in [-0.25, -0.2) is 0 Å². The van der Waals surface area contributed by atoms with E-state index in [9.17, 15) is 19.0 Å². The number of esters is 2. The summed E-state index contributed by atoms with van der Waals surface area (Å²) in [5.74, 6) is -0.913. The van der Waals surface area contributed by atoms with Gasteiger partial charge in [0.1, 0.15) is 19.8 Å². The van der Waals surface area contributed by atoms with E-state index < -0.39 is 32.5 Å². The Morgan fingerprint density at radius 3 is 1.44 bits per heavy atom. The summed E-state index contributed by atoms with van der Waals surface area (Å²) >= 11 is 0. The number of likely N-dealkylation sites (N-methyl/N-ethyl adjacent to an activating group) is 1. The molecule has 0 aliphatic carbocycles. The highest BCUT2D eigenvalue weighted by atomic mass is 31.2. The van der Waals surface area contributed by atoms with Crippen molar-refractivity contribution >= 4 is 19.8 Å². The number of hydrogen-bond acceptors (Lipinski definition) is 8. The van der Waals surface area contributed by atoms with Gasteiger partial charge in [0.25, 0.3) is 7.82 Å². The molecule has 0 bridgehead atoms. The maximum absolute atomic E-state index is 12.6. The predicted octanol–water partition coefficient (Wildman–Crippen LogP) is 11.7. The van der Waals surface area contributed by atoms with Crippen molar-refractivity contribution in [2.45, 2.75) is 200 Å². The van der Waals surface area contributed by atoms with E-state index in [1.165, 1.54) is 122 Å². The lowest BCUT2D eigenvalue weighted by atomic mass is 10.1. The first-order chi connectivity index (χ1) is 26.0. The van der Waals surface area contributed by atoms with E-state index in [0.717, 1.165) is 32.1 Å². The number of phosphoric acid groups is 1. The molecule has 0 aliphatic rings. The first-order valence-electron chi connectivity index (χ1n) is 22.0. The van der Waals surface area contributed by atoms with E-state index in [-0.39, 0.29) is 26.1 Å². The van der Waals surface area contributed by atoms with Crippen LogP contribution >= 0.6 is 7.82 Å².